The minimum Gasteiger partial charge on any atom is -0.397 e. The molecular weight excluding hydrogens is 172 g/mol. The normalized spacial score (nSPS) is 11.4. The van der Waals surface area contributed by atoms with Crippen molar-refractivity contribution in [1.82, 2.24) is 0 Å². The zero-order chi connectivity index (χ0) is 10.6. The van der Waals surface area contributed by atoms with Gasteiger partial charge >= 0.3 is 0 Å². The van der Waals surface area contributed by atoms with Crippen LogP contribution in [0.1, 0.15) is 33.6 Å². The largest absolute Gasteiger partial charge is 0.397 e. The molecule has 1 rings (SSSR count). The van der Waals surface area contributed by atoms with Crippen LogP contribution in [-0.4, -0.2) is 5.54 Å². The van der Waals surface area contributed by atoms with Crippen molar-refractivity contribution >= 4 is 11.4 Å². The van der Waals surface area contributed by atoms with Crippen molar-refractivity contribution in [3.8, 4) is 0 Å². The number of para-hydroxylation sites is 2. The lowest BCUT2D eigenvalue weighted by molar-refractivity contribution is 0.479. The number of rotatable bonds is 4. The lowest BCUT2D eigenvalue weighted by Gasteiger charge is -2.30. The van der Waals surface area contributed by atoms with Gasteiger partial charge < -0.3 is 11.1 Å². The van der Waals surface area contributed by atoms with Crippen LogP contribution in [0.5, 0.6) is 0 Å². The van der Waals surface area contributed by atoms with Crippen molar-refractivity contribution in [2.45, 2.75) is 39.2 Å². The van der Waals surface area contributed by atoms with Crippen LogP contribution in [0, 0.1) is 0 Å². The fraction of sp³-hybridized carbons (Fsp3) is 0.500. The smallest absolute Gasteiger partial charge is 0.0578 e. The first-order chi connectivity index (χ1) is 6.61. The minimum atomic E-state index is 0.148. The maximum absolute atomic E-state index is 5.87. The van der Waals surface area contributed by atoms with Gasteiger partial charge in [-0.05, 0) is 31.9 Å². The van der Waals surface area contributed by atoms with E-state index in [0.29, 0.717) is 0 Å². The third-order valence-corrected chi connectivity index (χ3v) is 2.96. The Hall–Kier alpha value is -1.18. The van der Waals surface area contributed by atoms with E-state index in [0.717, 1.165) is 24.2 Å². The van der Waals surface area contributed by atoms with Gasteiger partial charge in [0.15, 0.2) is 0 Å². The van der Waals surface area contributed by atoms with Gasteiger partial charge in [0.1, 0.15) is 0 Å². The second-order valence-electron chi connectivity index (χ2n) is 3.98. The third-order valence-electron chi connectivity index (χ3n) is 2.96. The van der Waals surface area contributed by atoms with Crippen LogP contribution in [0.2, 0.25) is 0 Å². The van der Waals surface area contributed by atoms with Crippen LogP contribution in [0.15, 0.2) is 24.3 Å². The van der Waals surface area contributed by atoms with E-state index < -0.39 is 0 Å². The number of nitrogens with two attached hydrogens (primary N) is 1. The molecule has 0 atom stereocenters. The van der Waals surface area contributed by atoms with Crippen LogP contribution in [-0.2, 0) is 0 Å². The van der Waals surface area contributed by atoms with Gasteiger partial charge in [0.05, 0.1) is 11.4 Å². The Balaban J connectivity index is 2.82. The molecule has 0 saturated heterocycles. The minimum absolute atomic E-state index is 0.148. The van der Waals surface area contributed by atoms with Crippen molar-refractivity contribution in [2.24, 2.45) is 0 Å². The monoisotopic (exact) mass is 192 g/mol. The van der Waals surface area contributed by atoms with Gasteiger partial charge in [0.2, 0.25) is 0 Å². The Morgan fingerprint density at radius 1 is 1.21 bits per heavy atom. The molecule has 2 nitrogen and oxygen atoms in total. The van der Waals surface area contributed by atoms with E-state index in [1.165, 1.54) is 0 Å². The van der Waals surface area contributed by atoms with Gasteiger partial charge in [-0.15, -0.1) is 0 Å². The summed E-state index contributed by atoms with van der Waals surface area (Å²) in [5, 5.41) is 3.50. The van der Waals surface area contributed by atoms with E-state index in [4.69, 9.17) is 5.73 Å². The topological polar surface area (TPSA) is 38.0 Å². The number of hydrogen-bond acceptors (Lipinski definition) is 2. The molecule has 0 bridgehead atoms. The van der Waals surface area contributed by atoms with Crippen LogP contribution in [0.3, 0.4) is 0 Å². The van der Waals surface area contributed by atoms with Crippen molar-refractivity contribution in [3.63, 3.8) is 0 Å². The summed E-state index contributed by atoms with van der Waals surface area (Å²) in [6, 6.07) is 7.91. The highest BCUT2D eigenvalue weighted by molar-refractivity contribution is 5.66. The predicted octanol–water partition coefficient (Wildman–Crippen LogP) is 3.26. The second-order valence-corrected chi connectivity index (χ2v) is 3.98. The molecule has 0 aliphatic carbocycles. The Labute approximate surface area is 86.5 Å². The maximum Gasteiger partial charge on any atom is 0.0578 e. The van der Waals surface area contributed by atoms with Gasteiger partial charge in [-0.3, -0.25) is 0 Å². The molecule has 3 N–H and O–H groups in total. The molecule has 0 spiro atoms. The number of hydrogen-bond donors (Lipinski definition) is 2. The van der Waals surface area contributed by atoms with Gasteiger partial charge in [-0.25, -0.2) is 0 Å². The Kier molecular flexibility index (Phi) is 3.39. The summed E-state index contributed by atoms with van der Waals surface area (Å²) in [6.07, 6.45) is 2.19. The summed E-state index contributed by atoms with van der Waals surface area (Å²) >= 11 is 0. The number of nitrogens with one attached hydrogen (secondary N) is 1. The average molecular weight is 192 g/mol. The molecule has 0 saturated carbocycles. The average Bonchev–Trinajstić information content (AvgIpc) is 2.21. The molecule has 0 heterocycles. The molecule has 0 radical (unpaired) electrons. The summed E-state index contributed by atoms with van der Waals surface area (Å²) in [4.78, 5) is 0. The first-order valence-corrected chi connectivity index (χ1v) is 5.24. The molecule has 1 aromatic carbocycles. The fourth-order valence-electron chi connectivity index (χ4n) is 1.36. The van der Waals surface area contributed by atoms with Crippen molar-refractivity contribution in [3.05, 3.63) is 24.3 Å². The van der Waals surface area contributed by atoms with Gasteiger partial charge in [0.25, 0.3) is 0 Å². The molecule has 2 heteroatoms. The van der Waals surface area contributed by atoms with Crippen molar-refractivity contribution < 1.29 is 0 Å². The molecule has 14 heavy (non-hydrogen) atoms. The van der Waals surface area contributed by atoms with Gasteiger partial charge in [-0.2, -0.15) is 0 Å². The van der Waals surface area contributed by atoms with Crippen LogP contribution in [0.25, 0.3) is 0 Å². The molecule has 0 aliphatic rings. The van der Waals surface area contributed by atoms with Crippen molar-refractivity contribution in [2.75, 3.05) is 11.1 Å². The van der Waals surface area contributed by atoms with Crippen LogP contribution >= 0.6 is 0 Å². The van der Waals surface area contributed by atoms with E-state index in [2.05, 4.69) is 26.1 Å². The summed E-state index contributed by atoms with van der Waals surface area (Å²) in [6.45, 7) is 6.60. The summed E-state index contributed by atoms with van der Waals surface area (Å²) < 4.78 is 0. The van der Waals surface area contributed by atoms with E-state index in [1.54, 1.807) is 0 Å². The van der Waals surface area contributed by atoms with Gasteiger partial charge in [0, 0.05) is 5.54 Å². The maximum atomic E-state index is 5.87. The molecule has 0 amide bonds. The van der Waals surface area contributed by atoms with E-state index in [-0.39, 0.29) is 5.54 Å². The molecule has 0 unspecified atom stereocenters. The van der Waals surface area contributed by atoms with E-state index >= 15 is 0 Å². The highest BCUT2D eigenvalue weighted by atomic mass is 15.0. The Morgan fingerprint density at radius 2 is 1.79 bits per heavy atom. The first-order valence-electron chi connectivity index (χ1n) is 5.24. The number of nitrogen functional groups attached to an aromatic ring is 1. The highest BCUT2D eigenvalue weighted by Crippen LogP contribution is 2.25. The zero-order valence-electron chi connectivity index (χ0n) is 9.30. The molecule has 0 aromatic heterocycles. The molecule has 1 aromatic rings. The highest BCUT2D eigenvalue weighted by Gasteiger charge is 2.19. The lowest BCUT2D eigenvalue weighted by atomic mass is 9.95. The van der Waals surface area contributed by atoms with Crippen molar-refractivity contribution in [1.29, 1.82) is 0 Å². The van der Waals surface area contributed by atoms with Gasteiger partial charge in [-0.1, -0.05) is 26.0 Å². The third kappa shape index (κ3) is 2.41. The van der Waals surface area contributed by atoms with E-state index in [1.807, 2.05) is 24.3 Å². The Bertz CT molecular complexity index is 290. The van der Waals surface area contributed by atoms with Crippen LogP contribution < -0.4 is 11.1 Å². The lowest BCUT2D eigenvalue weighted by Crippen LogP contribution is -2.33. The molecule has 0 fully saturated rings. The molecular formula is C12H20N2. The summed E-state index contributed by atoms with van der Waals surface area (Å²) in [5.74, 6) is 0. The zero-order valence-corrected chi connectivity index (χ0v) is 9.30. The SMILES string of the molecule is CCC(C)(CC)Nc1ccccc1N. The second kappa shape index (κ2) is 4.36. The predicted molar refractivity (Wildman–Crippen MR) is 63.5 cm³/mol. The summed E-state index contributed by atoms with van der Waals surface area (Å²) in [5.41, 5.74) is 7.88. The standard InChI is InChI=1S/C12H20N2/c1-4-12(3,5-2)14-11-9-7-6-8-10(11)13/h6-9,14H,4-5,13H2,1-3H3. The number of benzene rings is 1. The quantitative estimate of drug-likeness (QED) is 0.719. The Morgan fingerprint density at radius 3 is 2.29 bits per heavy atom. The summed E-state index contributed by atoms with van der Waals surface area (Å²) in [7, 11) is 0. The molecule has 78 valence electrons. The fourth-order valence-corrected chi connectivity index (χ4v) is 1.36. The molecule has 0 aliphatic heterocycles. The van der Waals surface area contributed by atoms with Crippen LogP contribution in [0.4, 0.5) is 11.4 Å². The number of anilines is 2. The van der Waals surface area contributed by atoms with E-state index in [9.17, 15) is 0 Å². The first kappa shape index (κ1) is 10.9.